The van der Waals surface area contributed by atoms with Crippen LogP contribution >= 0.6 is 34.8 Å². The molecule has 0 saturated carbocycles. The number of benzene rings is 2. The molecule has 0 aliphatic heterocycles. The molecule has 0 aliphatic rings. The second-order valence-corrected chi connectivity index (χ2v) is 6.69. The molecule has 1 N–H and O–H groups in total. The standard InChI is InChI=1S/C17H17Cl3N2O/c1-11-3-6-16(15(20)7-11)21-17(23)10-22(2)9-12-4-5-13(18)8-14(12)19/h3-8H,9-10H2,1-2H3,(H,21,23). The van der Waals surface area contributed by atoms with Crippen LogP contribution in [-0.2, 0) is 11.3 Å². The van der Waals surface area contributed by atoms with E-state index in [9.17, 15) is 4.79 Å². The van der Waals surface area contributed by atoms with Gasteiger partial charge in [0.2, 0.25) is 5.91 Å². The van der Waals surface area contributed by atoms with Crippen LogP contribution in [0.25, 0.3) is 0 Å². The first kappa shape index (κ1) is 18.1. The van der Waals surface area contributed by atoms with Gasteiger partial charge in [0.1, 0.15) is 0 Å². The molecule has 2 rings (SSSR count). The van der Waals surface area contributed by atoms with Crippen LogP contribution in [0.5, 0.6) is 0 Å². The summed E-state index contributed by atoms with van der Waals surface area (Å²) in [6.45, 7) is 2.72. The van der Waals surface area contributed by atoms with Crippen molar-refractivity contribution in [2.75, 3.05) is 18.9 Å². The summed E-state index contributed by atoms with van der Waals surface area (Å²) >= 11 is 18.1. The van der Waals surface area contributed by atoms with Crippen molar-refractivity contribution < 1.29 is 4.79 Å². The number of hydrogen-bond acceptors (Lipinski definition) is 2. The molecule has 0 atom stereocenters. The van der Waals surface area contributed by atoms with E-state index in [-0.39, 0.29) is 12.5 Å². The summed E-state index contributed by atoms with van der Waals surface area (Å²) in [4.78, 5) is 14.0. The highest BCUT2D eigenvalue weighted by Gasteiger charge is 2.11. The molecular weight excluding hydrogens is 355 g/mol. The van der Waals surface area contributed by atoms with Gasteiger partial charge in [0.25, 0.3) is 0 Å². The molecule has 23 heavy (non-hydrogen) atoms. The molecule has 0 bridgehead atoms. The highest BCUT2D eigenvalue weighted by atomic mass is 35.5. The summed E-state index contributed by atoms with van der Waals surface area (Å²) in [7, 11) is 1.85. The Balaban J connectivity index is 1.94. The van der Waals surface area contributed by atoms with E-state index < -0.39 is 0 Å². The fraction of sp³-hybridized carbons (Fsp3) is 0.235. The van der Waals surface area contributed by atoms with Crippen molar-refractivity contribution in [3.8, 4) is 0 Å². The third-order valence-electron chi connectivity index (χ3n) is 3.27. The first-order valence-corrected chi connectivity index (χ1v) is 8.17. The highest BCUT2D eigenvalue weighted by Crippen LogP contribution is 2.23. The molecule has 0 saturated heterocycles. The minimum atomic E-state index is -0.136. The van der Waals surface area contributed by atoms with Crippen LogP contribution in [0, 0.1) is 6.92 Å². The molecule has 0 aliphatic carbocycles. The van der Waals surface area contributed by atoms with Crippen LogP contribution in [0.2, 0.25) is 15.1 Å². The number of hydrogen-bond donors (Lipinski definition) is 1. The van der Waals surface area contributed by atoms with E-state index >= 15 is 0 Å². The third kappa shape index (κ3) is 5.40. The number of carbonyl (C=O) groups excluding carboxylic acids is 1. The highest BCUT2D eigenvalue weighted by molar-refractivity contribution is 6.35. The lowest BCUT2D eigenvalue weighted by Crippen LogP contribution is -2.30. The maximum Gasteiger partial charge on any atom is 0.238 e. The number of carbonyl (C=O) groups is 1. The summed E-state index contributed by atoms with van der Waals surface area (Å²) in [5.74, 6) is -0.136. The topological polar surface area (TPSA) is 32.3 Å². The van der Waals surface area contributed by atoms with Gasteiger partial charge in [-0.15, -0.1) is 0 Å². The van der Waals surface area contributed by atoms with E-state index in [4.69, 9.17) is 34.8 Å². The van der Waals surface area contributed by atoms with Crippen LogP contribution in [0.15, 0.2) is 36.4 Å². The second-order valence-electron chi connectivity index (χ2n) is 5.44. The fourth-order valence-corrected chi connectivity index (χ4v) is 2.90. The molecule has 0 radical (unpaired) electrons. The number of halogens is 3. The van der Waals surface area contributed by atoms with Crippen molar-refractivity contribution >= 4 is 46.4 Å². The van der Waals surface area contributed by atoms with E-state index in [1.807, 2.05) is 37.1 Å². The van der Waals surface area contributed by atoms with Crippen molar-refractivity contribution in [3.05, 3.63) is 62.6 Å². The Kier molecular flexibility index (Phi) is 6.31. The first-order chi connectivity index (χ1) is 10.8. The van der Waals surface area contributed by atoms with Crippen LogP contribution in [0.4, 0.5) is 5.69 Å². The van der Waals surface area contributed by atoms with E-state index in [1.54, 1.807) is 18.2 Å². The van der Waals surface area contributed by atoms with Gasteiger partial charge < -0.3 is 5.32 Å². The van der Waals surface area contributed by atoms with Gasteiger partial charge in [-0.3, -0.25) is 9.69 Å². The van der Waals surface area contributed by atoms with Crippen molar-refractivity contribution in [1.29, 1.82) is 0 Å². The number of nitrogens with zero attached hydrogens (tertiary/aromatic N) is 1. The van der Waals surface area contributed by atoms with E-state index in [1.165, 1.54) is 0 Å². The van der Waals surface area contributed by atoms with Crippen LogP contribution in [0.1, 0.15) is 11.1 Å². The molecule has 2 aromatic carbocycles. The number of likely N-dealkylation sites (N-methyl/N-ethyl adjacent to an activating group) is 1. The SMILES string of the molecule is Cc1ccc(NC(=O)CN(C)Cc2ccc(Cl)cc2Cl)c(Cl)c1. The Bertz CT molecular complexity index is 719. The van der Waals surface area contributed by atoms with Crippen LogP contribution in [0.3, 0.4) is 0 Å². The van der Waals surface area contributed by atoms with Gasteiger partial charge in [0, 0.05) is 16.6 Å². The second kappa shape index (κ2) is 8.02. The molecule has 0 unspecified atom stereocenters. The molecule has 2 aromatic rings. The Morgan fingerprint density at radius 2 is 1.83 bits per heavy atom. The lowest BCUT2D eigenvalue weighted by atomic mass is 10.2. The zero-order valence-corrected chi connectivity index (χ0v) is 15.1. The van der Waals surface area contributed by atoms with E-state index in [0.717, 1.165) is 11.1 Å². The monoisotopic (exact) mass is 370 g/mol. The van der Waals surface area contributed by atoms with Gasteiger partial charge in [-0.2, -0.15) is 0 Å². The van der Waals surface area contributed by atoms with E-state index in [2.05, 4.69) is 5.32 Å². The quantitative estimate of drug-likeness (QED) is 0.800. The number of anilines is 1. The first-order valence-electron chi connectivity index (χ1n) is 7.03. The van der Waals surface area contributed by atoms with Crippen molar-refractivity contribution in [1.82, 2.24) is 4.90 Å². The zero-order chi connectivity index (χ0) is 17.0. The fourth-order valence-electron chi connectivity index (χ4n) is 2.15. The van der Waals surface area contributed by atoms with Crippen LogP contribution < -0.4 is 5.32 Å². The number of aryl methyl sites for hydroxylation is 1. The van der Waals surface area contributed by atoms with Crippen molar-refractivity contribution in [2.45, 2.75) is 13.5 Å². The van der Waals surface area contributed by atoms with Crippen LogP contribution in [-0.4, -0.2) is 24.4 Å². The molecule has 6 heteroatoms. The van der Waals surface area contributed by atoms with Crippen molar-refractivity contribution in [2.24, 2.45) is 0 Å². The summed E-state index contributed by atoms with van der Waals surface area (Å²) < 4.78 is 0. The Labute approximate surface area is 151 Å². The van der Waals surface area contributed by atoms with Gasteiger partial charge in [-0.1, -0.05) is 46.9 Å². The molecule has 3 nitrogen and oxygen atoms in total. The van der Waals surface area contributed by atoms with Gasteiger partial charge in [-0.25, -0.2) is 0 Å². The predicted molar refractivity (Wildman–Crippen MR) is 97.6 cm³/mol. The molecule has 1 amide bonds. The normalized spacial score (nSPS) is 10.9. The Morgan fingerprint density at radius 1 is 1.09 bits per heavy atom. The number of nitrogens with one attached hydrogen (secondary N) is 1. The van der Waals surface area contributed by atoms with Gasteiger partial charge in [-0.05, 0) is 49.4 Å². The van der Waals surface area contributed by atoms with Crippen molar-refractivity contribution in [3.63, 3.8) is 0 Å². The zero-order valence-electron chi connectivity index (χ0n) is 12.9. The molecule has 122 valence electrons. The lowest BCUT2D eigenvalue weighted by Gasteiger charge is -2.17. The summed E-state index contributed by atoms with van der Waals surface area (Å²) in [5, 5.41) is 4.52. The minimum absolute atomic E-state index is 0.136. The van der Waals surface area contributed by atoms with Gasteiger partial charge >= 0.3 is 0 Å². The summed E-state index contributed by atoms with van der Waals surface area (Å²) in [6.07, 6.45) is 0. The third-order valence-corrected chi connectivity index (χ3v) is 4.17. The van der Waals surface area contributed by atoms with Gasteiger partial charge in [0.05, 0.1) is 17.3 Å². The minimum Gasteiger partial charge on any atom is -0.324 e. The maximum atomic E-state index is 12.1. The van der Waals surface area contributed by atoms with Gasteiger partial charge in [0.15, 0.2) is 0 Å². The lowest BCUT2D eigenvalue weighted by molar-refractivity contribution is -0.117. The molecule has 0 aromatic heterocycles. The Morgan fingerprint density at radius 3 is 2.48 bits per heavy atom. The summed E-state index contributed by atoms with van der Waals surface area (Å²) in [6, 6.07) is 10.8. The summed E-state index contributed by atoms with van der Waals surface area (Å²) in [5.41, 5.74) is 2.57. The number of rotatable bonds is 5. The smallest absolute Gasteiger partial charge is 0.238 e. The number of amides is 1. The predicted octanol–water partition coefficient (Wildman–Crippen LogP) is 5.03. The maximum absolute atomic E-state index is 12.1. The average molecular weight is 372 g/mol. The molecule has 0 heterocycles. The molecule has 0 fully saturated rings. The van der Waals surface area contributed by atoms with E-state index in [0.29, 0.717) is 27.3 Å². The Hall–Kier alpha value is -1.26. The molecular formula is C17H17Cl3N2O. The largest absolute Gasteiger partial charge is 0.324 e. The average Bonchev–Trinajstić information content (AvgIpc) is 2.45. The molecule has 0 spiro atoms.